The first-order chi connectivity index (χ1) is 11.1. The van der Waals surface area contributed by atoms with Crippen molar-refractivity contribution in [3.05, 3.63) is 70.0 Å². The Bertz CT molecular complexity index is 724. The largest absolute Gasteiger partial charge is 0.338 e. The van der Waals surface area contributed by atoms with E-state index in [4.69, 9.17) is 23.2 Å². The average Bonchev–Trinajstić information content (AvgIpc) is 2.58. The van der Waals surface area contributed by atoms with Crippen LogP contribution in [0.1, 0.15) is 17.7 Å². The average molecular weight is 347 g/mol. The topological polar surface area (TPSA) is 33.2 Å². The van der Waals surface area contributed by atoms with E-state index in [9.17, 15) is 4.79 Å². The van der Waals surface area contributed by atoms with E-state index in [0.29, 0.717) is 29.6 Å². The van der Waals surface area contributed by atoms with Crippen LogP contribution in [0.2, 0.25) is 10.0 Å². The summed E-state index contributed by atoms with van der Waals surface area (Å²) in [7, 11) is 0. The van der Waals surface area contributed by atoms with E-state index in [0.717, 1.165) is 23.3 Å². The van der Waals surface area contributed by atoms with Gasteiger partial charge in [0.25, 0.3) is 0 Å². The molecule has 0 saturated heterocycles. The zero-order chi connectivity index (χ0) is 16.2. The van der Waals surface area contributed by atoms with Crippen LogP contribution >= 0.6 is 23.2 Å². The number of benzene rings is 1. The molecular formula is C18H16Cl2N2O. The van der Waals surface area contributed by atoms with Crippen LogP contribution in [0.3, 0.4) is 0 Å². The maximum Gasteiger partial charge on any atom is 0.227 e. The Morgan fingerprint density at radius 2 is 1.83 bits per heavy atom. The number of hydrogen-bond acceptors (Lipinski definition) is 2. The van der Waals surface area contributed by atoms with E-state index < -0.39 is 0 Å². The molecule has 2 aromatic rings. The van der Waals surface area contributed by atoms with Crippen LogP contribution in [0, 0.1) is 0 Å². The van der Waals surface area contributed by atoms with Gasteiger partial charge in [-0.2, -0.15) is 0 Å². The number of aromatic nitrogens is 1. The van der Waals surface area contributed by atoms with Gasteiger partial charge in [-0.15, -0.1) is 0 Å². The van der Waals surface area contributed by atoms with Crippen LogP contribution in [-0.2, 0) is 11.2 Å². The predicted molar refractivity (Wildman–Crippen MR) is 93.6 cm³/mol. The number of rotatable bonds is 3. The van der Waals surface area contributed by atoms with Gasteiger partial charge in [0.15, 0.2) is 0 Å². The van der Waals surface area contributed by atoms with Crippen molar-refractivity contribution in [1.29, 1.82) is 0 Å². The zero-order valence-corrected chi connectivity index (χ0v) is 14.0. The monoisotopic (exact) mass is 346 g/mol. The van der Waals surface area contributed by atoms with Crippen LogP contribution in [0.4, 0.5) is 0 Å². The Labute approximate surface area is 145 Å². The Hall–Kier alpha value is -1.84. The summed E-state index contributed by atoms with van der Waals surface area (Å²) in [6, 6.07) is 11.2. The number of halogens is 2. The number of nitrogens with zero attached hydrogens (tertiary/aromatic N) is 2. The first-order valence-electron chi connectivity index (χ1n) is 7.45. The third kappa shape index (κ3) is 4.12. The second kappa shape index (κ2) is 7.16. The fraction of sp³-hybridized carbons (Fsp3) is 0.222. The summed E-state index contributed by atoms with van der Waals surface area (Å²) in [6.07, 6.45) is 4.93. The number of carbonyl (C=O) groups excluding carboxylic acids is 1. The highest BCUT2D eigenvalue weighted by atomic mass is 35.5. The molecule has 0 bridgehead atoms. The summed E-state index contributed by atoms with van der Waals surface area (Å²) in [5, 5.41) is 1.31. The fourth-order valence-electron chi connectivity index (χ4n) is 2.58. The lowest BCUT2D eigenvalue weighted by Gasteiger charge is -2.26. The van der Waals surface area contributed by atoms with Crippen molar-refractivity contribution in [2.75, 3.05) is 13.1 Å². The molecule has 0 spiro atoms. The first kappa shape index (κ1) is 16.0. The molecule has 1 aromatic carbocycles. The molecule has 0 radical (unpaired) electrons. The maximum atomic E-state index is 12.4. The Morgan fingerprint density at radius 3 is 2.43 bits per heavy atom. The molecule has 0 aliphatic carbocycles. The molecule has 0 atom stereocenters. The van der Waals surface area contributed by atoms with Crippen molar-refractivity contribution in [3.63, 3.8) is 0 Å². The SMILES string of the molecule is O=C(Cc1ccc(Cl)cc1)N1CC=C(c2ccc(Cl)cn2)CC1. The summed E-state index contributed by atoms with van der Waals surface area (Å²) in [4.78, 5) is 18.6. The van der Waals surface area contributed by atoms with Crippen LogP contribution in [0.5, 0.6) is 0 Å². The molecule has 23 heavy (non-hydrogen) atoms. The van der Waals surface area contributed by atoms with E-state index in [1.165, 1.54) is 0 Å². The summed E-state index contributed by atoms with van der Waals surface area (Å²) in [5.74, 6) is 0.131. The summed E-state index contributed by atoms with van der Waals surface area (Å²) < 4.78 is 0. The van der Waals surface area contributed by atoms with Crippen LogP contribution < -0.4 is 0 Å². The fourth-order valence-corrected chi connectivity index (χ4v) is 2.82. The van der Waals surface area contributed by atoms with Crippen molar-refractivity contribution in [1.82, 2.24) is 9.88 Å². The quantitative estimate of drug-likeness (QED) is 0.832. The molecule has 3 rings (SSSR count). The molecule has 2 heterocycles. The van der Waals surface area contributed by atoms with Crippen molar-refractivity contribution in [2.45, 2.75) is 12.8 Å². The molecule has 1 aliphatic heterocycles. The number of amides is 1. The van der Waals surface area contributed by atoms with Crippen LogP contribution in [-0.4, -0.2) is 28.9 Å². The summed E-state index contributed by atoms with van der Waals surface area (Å²) in [6.45, 7) is 1.33. The normalized spacial score (nSPS) is 14.5. The maximum absolute atomic E-state index is 12.4. The molecular weight excluding hydrogens is 331 g/mol. The van der Waals surface area contributed by atoms with Gasteiger partial charge in [-0.05, 0) is 41.8 Å². The molecule has 1 aromatic heterocycles. The van der Waals surface area contributed by atoms with Gasteiger partial charge in [0.05, 0.1) is 17.1 Å². The molecule has 1 aliphatic rings. The smallest absolute Gasteiger partial charge is 0.227 e. The second-order valence-corrected chi connectivity index (χ2v) is 6.36. The van der Waals surface area contributed by atoms with Crippen molar-refractivity contribution < 1.29 is 4.79 Å². The standard InChI is InChI=1S/C18H16Cl2N2O/c19-15-3-1-13(2-4-15)11-18(23)22-9-7-14(8-10-22)17-6-5-16(20)12-21-17/h1-7,12H,8-11H2. The molecule has 3 nitrogen and oxygen atoms in total. The van der Waals surface area contributed by atoms with E-state index in [1.807, 2.05) is 41.3 Å². The molecule has 0 fully saturated rings. The molecule has 118 valence electrons. The van der Waals surface area contributed by atoms with Crippen LogP contribution in [0.25, 0.3) is 5.57 Å². The summed E-state index contributed by atoms with van der Waals surface area (Å²) in [5.41, 5.74) is 3.07. The van der Waals surface area contributed by atoms with Gasteiger partial charge in [0.1, 0.15) is 0 Å². The number of carbonyl (C=O) groups is 1. The molecule has 0 unspecified atom stereocenters. The lowest BCUT2D eigenvalue weighted by Crippen LogP contribution is -2.35. The highest BCUT2D eigenvalue weighted by Gasteiger charge is 2.18. The lowest BCUT2D eigenvalue weighted by molar-refractivity contribution is -0.130. The van der Waals surface area contributed by atoms with Gasteiger partial charge in [0.2, 0.25) is 5.91 Å². The van der Waals surface area contributed by atoms with Crippen LogP contribution in [0.15, 0.2) is 48.7 Å². The van der Waals surface area contributed by atoms with Crippen molar-refractivity contribution in [2.24, 2.45) is 0 Å². The zero-order valence-electron chi connectivity index (χ0n) is 12.5. The van der Waals surface area contributed by atoms with Gasteiger partial charge >= 0.3 is 0 Å². The minimum Gasteiger partial charge on any atom is -0.338 e. The minimum absolute atomic E-state index is 0.131. The second-order valence-electron chi connectivity index (χ2n) is 5.48. The first-order valence-corrected chi connectivity index (χ1v) is 8.20. The third-order valence-corrected chi connectivity index (χ3v) is 4.36. The molecule has 0 N–H and O–H groups in total. The van der Waals surface area contributed by atoms with Gasteiger partial charge in [-0.1, -0.05) is 41.4 Å². The van der Waals surface area contributed by atoms with Gasteiger partial charge < -0.3 is 4.90 Å². The molecule has 0 saturated carbocycles. The Balaban J connectivity index is 1.62. The van der Waals surface area contributed by atoms with Gasteiger partial charge in [0, 0.05) is 24.3 Å². The van der Waals surface area contributed by atoms with Crippen molar-refractivity contribution in [3.8, 4) is 0 Å². The third-order valence-electron chi connectivity index (χ3n) is 3.89. The predicted octanol–water partition coefficient (Wildman–Crippen LogP) is 4.25. The van der Waals surface area contributed by atoms with Gasteiger partial charge in [-0.25, -0.2) is 0 Å². The van der Waals surface area contributed by atoms with E-state index in [2.05, 4.69) is 11.1 Å². The Kier molecular flexibility index (Phi) is 4.99. The lowest BCUT2D eigenvalue weighted by atomic mass is 10.0. The highest BCUT2D eigenvalue weighted by Crippen LogP contribution is 2.22. The molecule has 1 amide bonds. The Morgan fingerprint density at radius 1 is 1.09 bits per heavy atom. The van der Waals surface area contributed by atoms with Crippen molar-refractivity contribution >= 4 is 34.7 Å². The van der Waals surface area contributed by atoms with E-state index in [-0.39, 0.29) is 5.91 Å². The summed E-state index contributed by atoms with van der Waals surface area (Å²) >= 11 is 11.7. The number of pyridine rings is 1. The van der Waals surface area contributed by atoms with Gasteiger partial charge in [-0.3, -0.25) is 9.78 Å². The minimum atomic E-state index is 0.131. The number of hydrogen-bond donors (Lipinski definition) is 0. The van der Waals surface area contributed by atoms with E-state index >= 15 is 0 Å². The van der Waals surface area contributed by atoms with E-state index in [1.54, 1.807) is 6.20 Å². The molecule has 5 heteroatoms. The highest BCUT2D eigenvalue weighted by molar-refractivity contribution is 6.30.